The maximum Gasteiger partial charge on any atom is 0.419 e. The molecule has 2 heterocycles. The van der Waals surface area contributed by atoms with Crippen LogP contribution in [0.4, 0.5) is 9.18 Å². The summed E-state index contributed by atoms with van der Waals surface area (Å²) < 4.78 is 20.4. The fraction of sp³-hybridized carbons (Fsp3) is 0.222. The quantitative estimate of drug-likeness (QED) is 0.607. The lowest BCUT2D eigenvalue weighted by Crippen LogP contribution is -2.26. The highest BCUT2D eigenvalue weighted by atomic mass is 32.1. The summed E-state index contributed by atoms with van der Waals surface area (Å²) in [5, 5.41) is 2.55. The Morgan fingerprint density at radius 1 is 1.29 bits per heavy atom. The maximum absolute atomic E-state index is 13.7. The van der Waals surface area contributed by atoms with Crippen LogP contribution in [0.3, 0.4) is 0 Å². The molecule has 0 saturated carbocycles. The predicted octanol–water partition coefficient (Wildman–Crippen LogP) is 5.10. The van der Waals surface area contributed by atoms with Gasteiger partial charge in [-0.25, -0.2) is 9.18 Å². The van der Waals surface area contributed by atoms with Crippen LogP contribution in [0.2, 0.25) is 0 Å². The first kappa shape index (κ1) is 16.4. The van der Waals surface area contributed by atoms with Gasteiger partial charge in [-0.1, -0.05) is 0 Å². The predicted molar refractivity (Wildman–Crippen MR) is 92.2 cm³/mol. The molecule has 0 unspecified atom stereocenters. The SMILES string of the molecule is CC(C)(C)OC(=O)n1cc(-c2csc(C=O)c2)c2ccc(F)cc21. The summed E-state index contributed by atoms with van der Waals surface area (Å²) in [5.41, 5.74) is 1.33. The van der Waals surface area contributed by atoms with Crippen molar-refractivity contribution >= 4 is 34.6 Å². The molecule has 0 saturated heterocycles. The number of benzene rings is 1. The third-order valence-corrected chi connectivity index (χ3v) is 4.26. The van der Waals surface area contributed by atoms with Gasteiger partial charge in [0.05, 0.1) is 10.4 Å². The number of carbonyl (C=O) groups is 2. The molecule has 3 aromatic rings. The zero-order valence-electron chi connectivity index (χ0n) is 13.5. The number of ether oxygens (including phenoxy) is 1. The molecule has 2 aromatic heterocycles. The zero-order valence-corrected chi connectivity index (χ0v) is 14.3. The van der Waals surface area contributed by atoms with Crippen molar-refractivity contribution in [3.05, 3.63) is 46.5 Å². The molecule has 24 heavy (non-hydrogen) atoms. The number of aldehydes is 1. The van der Waals surface area contributed by atoms with Crippen LogP contribution in [0, 0.1) is 5.82 Å². The minimum absolute atomic E-state index is 0.429. The number of halogens is 1. The number of hydrogen-bond donors (Lipinski definition) is 0. The third kappa shape index (κ3) is 3.10. The van der Waals surface area contributed by atoms with E-state index in [-0.39, 0.29) is 0 Å². The summed E-state index contributed by atoms with van der Waals surface area (Å²) in [7, 11) is 0. The van der Waals surface area contributed by atoms with E-state index in [1.807, 2.05) is 5.38 Å². The molecule has 0 spiro atoms. The van der Waals surface area contributed by atoms with Crippen molar-refractivity contribution in [2.45, 2.75) is 26.4 Å². The van der Waals surface area contributed by atoms with Gasteiger partial charge in [0, 0.05) is 17.1 Å². The highest BCUT2D eigenvalue weighted by Gasteiger charge is 2.21. The molecular weight excluding hydrogens is 329 g/mol. The van der Waals surface area contributed by atoms with E-state index in [2.05, 4.69) is 0 Å². The van der Waals surface area contributed by atoms with Crippen LogP contribution in [0.15, 0.2) is 35.8 Å². The van der Waals surface area contributed by atoms with E-state index in [0.717, 1.165) is 22.8 Å². The molecule has 0 bridgehead atoms. The van der Waals surface area contributed by atoms with E-state index < -0.39 is 17.5 Å². The summed E-state index contributed by atoms with van der Waals surface area (Å²) in [6.45, 7) is 5.31. The van der Waals surface area contributed by atoms with Crippen LogP contribution in [-0.2, 0) is 4.74 Å². The van der Waals surface area contributed by atoms with Crippen LogP contribution in [0.1, 0.15) is 30.4 Å². The smallest absolute Gasteiger partial charge is 0.419 e. The summed E-state index contributed by atoms with van der Waals surface area (Å²) >= 11 is 1.32. The van der Waals surface area contributed by atoms with Crippen molar-refractivity contribution in [3.63, 3.8) is 0 Å². The largest absolute Gasteiger partial charge is 0.443 e. The van der Waals surface area contributed by atoms with Gasteiger partial charge >= 0.3 is 6.09 Å². The van der Waals surface area contributed by atoms with E-state index in [0.29, 0.717) is 10.4 Å². The van der Waals surface area contributed by atoms with E-state index in [4.69, 9.17) is 4.74 Å². The van der Waals surface area contributed by atoms with Gasteiger partial charge in [0.25, 0.3) is 0 Å². The average molecular weight is 345 g/mol. The lowest BCUT2D eigenvalue weighted by atomic mass is 10.1. The Bertz CT molecular complexity index is 934. The first-order chi connectivity index (χ1) is 11.3. The van der Waals surface area contributed by atoms with E-state index in [1.54, 1.807) is 39.1 Å². The number of nitrogens with zero attached hydrogens (tertiary/aromatic N) is 1. The molecule has 0 aliphatic carbocycles. The molecule has 0 atom stereocenters. The van der Waals surface area contributed by atoms with Crippen LogP contribution in [0.5, 0.6) is 0 Å². The van der Waals surface area contributed by atoms with Crippen molar-refractivity contribution in [2.24, 2.45) is 0 Å². The Morgan fingerprint density at radius 3 is 2.67 bits per heavy atom. The molecule has 6 heteroatoms. The monoisotopic (exact) mass is 345 g/mol. The van der Waals surface area contributed by atoms with Gasteiger partial charge < -0.3 is 4.74 Å². The fourth-order valence-corrected chi connectivity index (χ4v) is 3.16. The first-order valence-electron chi connectivity index (χ1n) is 7.36. The van der Waals surface area contributed by atoms with Crippen LogP contribution in [0.25, 0.3) is 22.0 Å². The first-order valence-corrected chi connectivity index (χ1v) is 8.24. The number of thiophene rings is 1. The van der Waals surface area contributed by atoms with Crippen molar-refractivity contribution in [3.8, 4) is 11.1 Å². The summed E-state index contributed by atoms with van der Waals surface area (Å²) in [4.78, 5) is 24.0. The van der Waals surface area contributed by atoms with E-state index >= 15 is 0 Å². The van der Waals surface area contributed by atoms with E-state index in [9.17, 15) is 14.0 Å². The second kappa shape index (κ2) is 5.87. The highest BCUT2D eigenvalue weighted by Crippen LogP contribution is 2.34. The molecule has 0 aliphatic rings. The van der Waals surface area contributed by atoms with Crippen molar-refractivity contribution in [1.29, 1.82) is 0 Å². The Labute approximate surface area is 142 Å². The topological polar surface area (TPSA) is 48.3 Å². The van der Waals surface area contributed by atoms with Gasteiger partial charge in [-0.15, -0.1) is 11.3 Å². The second-order valence-corrected chi connectivity index (χ2v) is 7.35. The number of fused-ring (bicyclic) bond motifs is 1. The van der Waals surface area contributed by atoms with Crippen LogP contribution < -0.4 is 0 Å². The molecule has 124 valence electrons. The normalized spacial score (nSPS) is 11.7. The molecule has 1 aromatic carbocycles. The molecule has 0 N–H and O–H groups in total. The second-order valence-electron chi connectivity index (χ2n) is 6.41. The van der Waals surface area contributed by atoms with E-state index in [1.165, 1.54) is 28.0 Å². The van der Waals surface area contributed by atoms with Gasteiger partial charge in [0.15, 0.2) is 6.29 Å². The van der Waals surface area contributed by atoms with Crippen molar-refractivity contribution in [1.82, 2.24) is 4.57 Å². The number of rotatable bonds is 2. The summed E-state index contributed by atoms with van der Waals surface area (Å²) in [6, 6.07) is 6.02. The average Bonchev–Trinajstić information content (AvgIpc) is 3.08. The summed E-state index contributed by atoms with van der Waals surface area (Å²) in [5.74, 6) is -0.434. The van der Waals surface area contributed by atoms with Gasteiger partial charge in [-0.3, -0.25) is 9.36 Å². The van der Waals surface area contributed by atoms with Crippen LogP contribution >= 0.6 is 11.3 Å². The molecule has 0 amide bonds. The van der Waals surface area contributed by atoms with Crippen LogP contribution in [-0.4, -0.2) is 22.5 Å². The molecule has 0 aliphatic heterocycles. The molecule has 3 rings (SSSR count). The minimum atomic E-state index is -0.658. The lowest BCUT2D eigenvalue weighted by molar-refractivity contribution is 0.0544. The molecule has 4 nitrogen and oxygen atoms in total. The third-order valence-electron chi connectivity index (χ3n) is 3.40. The summed E-state index contributed by atoms with van der Waals surface area (Å²) in [6.07, 6.45) is 1.82. The van der Waals surface area contributed by atoms with Gasteiger partial charge in [0.2, 0.25) is 0 Å². The maximum atomic E-state index is 13.7. The standard InChI is InChI=1S/C18H16FNO3S/c1-18(2,3)23-17(22)20-8-15(11-6-13(9-21)24-10-11)14-5-4-12(19)7-16(14)20/h4-10H,1-3H3. The van der Waals surface area contributed by atoms with Gasteiger partial charge in [0.1, 0.15) is 11.4 Å². The van der Waals surface area contributed by atoms with Gasteiger partial charge in [-0.05, 0) is 56.0 Å². The van der Waals surface area contributed by atoms with Crippen molar-refractivity contribution < 1.29 is 18.7 Å². The number of carbonyl (C=O) groups excluding carboxylic acids is 2. The Hall–Kier alpha value is -2.47. The molecule has 0 radical (unpaired) electrons. The fourth-order valence-electron chi connectivity index (χ4n) is 2.45. The lowest BCUT2D eigenvalue weighted by Gasteiger charge is -2.19. The Balaban J connectivity index is 2.17. The zero-order chi connectivity index (χ0) is 17.5. The Morgan fingerprint density at radius 2 is 2.04 bits per heavy atom. The number of hydrogen-bond acceptors (Lipinski definition) is 4. The highest BCUT2D eigenvalue weighted by molar-refractivity contribution is 7.12. The Kier molecular flexibility index (Phi) is 4.01. The van der Waals surface area contributed by atoms with Crippen molar-refractivity contribution in [2.75, 3.05) is 0 Å². The molecular formula is C18H16FNO3S. The van der Waals surface area contributed by atoms with Gasteiger partial charge in [-0.2, -0.15) is 0 Å². The molecule has 0 fully saturated rings. The minimum Gasteiger partial charge on any atom is -0.443 e. The number of aromatic nitrogens is 1.